The average molecular weight is 600 g/mol. The van der Waals surface area contributed by atoms with Crippen LogP contribution < -0.4 is 15.7 Å². The van der Waals surface area contributed by atoms with Crippen molar-refractivity contribution >= 4 is 38.1 Å². The number of hydrogen-bond donors (Lipinski definition) is 2. The van der Waals surface area contributed by atoms with Crippen LogP contribution in [0.4, 0.5) is 29.7 Å². The van der Waals surface area contributed by atoms with Crippen LogP contribution in [0.15, 0.2) is 60.0 Å². The molecule has 41 heavy (non-hydrogen) atoms. The van der Waals surface area contributed by atoms with Crippen LogP contribution in [0.3, 0.4) is 0 Å². The Morgan fingerprint density at radius 3 is 2.76 bits per heavy atom. The van der Waals surface area contributed by atoms with Crippen LogP contribution in [0.5, 0.6) is 0 Å². The van der Waals surface area contributed by atoms with Gasteiger partial charge in [-0.15, -0.1) is 5.10 Å². The van der Waals surface area contributed by atoms with Gasteiger partial charge in [0.25, 0.3) is 5.62 Å². The third-order valence-corrected chi connectivity index (χ3v) is 8.12. The predicted octanol–water partition coefficient (Wildman–Crippen LogP) is 4.22. The van der Waals surface area contributed by atoms with Gasteiger partial charge >= 0.3 is 6.18 Å². The molecule has 0 fully saturated rings. The van der Waals surface area contributed by atoms with Crippen molar-refractivity contribution in [2.75, 3.05) is 16.6 Å². The van der Waals surface area contributed by atoms with Gasteiger partial charge in [0, 0.05) is 53.8 Å². The number of benzene rings is 1. The van der Waals surface area contributed by atoms with Crippen LogP contribution in [-0.2, 0) is 28.5 Å². The number of alkyl halides is 3. The van der Waals surface area contributed by atoms with E-state index in [2.05, 4.69) is 39.6 Å². The van der Waals surface area contributed by atoms with Crippen molar-refractivity contribution in [2.45, 2.75) is 25.4 Å². The van der Waals surface area contributed by atoms with Crippen LogP contribution in [-0.4, -0.2) is 44.1 Å². The van der Waals surface area contributed by atoms with E-state index in [1.54, 1.807) is 24.4 Å². The summed E-state index contributed by atoms with van der Waals surface area (Å²) >= 11 is 1.13. The van der Waals surface area contributed by atoms with E-state index in [-0.39, 0.29) is 17.0 Å². The summed E-state index contributed by atoms with van der Waals surface area (Å²) < 4.78 is 73.3. The molecule has 11 nitrogen and oxygen atoms in total. The largest absolute Gasteiger partial charge is 0.416 e. The van der Waals surface area contributed by atoms with Crippen molar-refractivity contribution in [2.24, 2.45) is 4.99 Å². The van der Waals surface area contributed by atoms with Gasteiger partial charge in [-0.1, -0.05) is 10.6 Å². The van der Waals surface area contributed by atoms with Crippen LogP contribution in [0.2, 0.25) is 0 Å². The summed E-state index contributed by atoms with van der Waals surface area (Å²) in [6, 6.07) is 8.51. The first-order chi connectivity index (χ1) is 19.6. The van der Waals surface area contributed by atoms with Gasteiger partial charge in [0.1, 0.15) is 17.4 Å². The molecule has 0 amide bonds. The Labute approximate surface area is 235 Å². The van der Waals surface area contributed by atoms with E-state index in [1.165, 1.54) is 6.20 Å². The Hall–Kier alpha value is -4.44. The molecular weight excluding hydrogens is 579 g/mol. The van der Waals surface area contributed by atoms with Gasteiger partial charge < -0.3 is 9.88 Å². The molecule has 0 spiro atoms. The minimum Gasteiger partial charge on any atom is -0.369 e. The van der Waals surface area contributed by atoms with E-state index >= 15 is 0 Å². The topological polar surface area (TPSA) is 140 Å². The molecule has 0 saturated carbocycles. The Morgan fingerprint density at radius 1 is 1.12 bits per heavy atom. The summed E-state index contributed by atoms with van der Waals surface area (Å²) in [6.45, 7) is 3.21. The van der Waals surface area contributed by atoms with Crippen LogP contribution in [0.25, 0.3) is 22.5 Å². The molecule has 5 heterocycles. The maximum Gasteiger partial charge on any atom is 0.416 e. The number of sulfonamides is 1. The number of aromatic nitrogens is 6. The molecule has 0 atom stereocenters. The summed E-state index contributed by atoms with van der Waals surface area (Å²) in [4.78, 5) is 17.2. The minimum atomic E-state index is -4.60. The molecule has 210 valence electrons. The van der Waals surface area contributed by atoms with Crippen molar-refractivity contribution < 1.29 is 21.6 Å². The molecule has 2 N–H and O–H groups in total. The van der Waals surface area contributed by atoms with Gasteiger partial charge in [0.2, 0.25) is 10.0 Å². The monoisotopic (exact) mass is 599 g/mol. The normalized spacial score (nSPS) is 13.8. The number of halogens is 3. The second kappa shape index (κ2) is 10.2. The molecule has 16 heteroatoms. The second-order valence-corrected chi connectivity index (χ2v) is 11.7. The summed E-state index contributed by atoms with van der Waals surface area (Å²) in [5.41, 5.74) is 2.57. The maximum atomic E-state index is 13.1. The summed E-state index contributed by atoms with van der Waals surface area (Å²) in [7, 11) is -4.07. The number of nitrogens with one attached hydrogen (secondary N) is 2. The Morgan fingerprint density at radius 2 is 1.98 bits per heavy atom. The second-order valence-electron chi connectivity index (χ2n) is 9.23. The zero-order chi connectivity index (χ0) is 28.8. The zero-order valence-electron chi connectivity index (χ0n) is 21.2. The fourth-order valence-electron chi connectivity index (χ4n) is 4.55. The molecule has 0 aliphatic carbocycles. The van der Waals surface area contributed by atoms with E-state index in [9.17, 15) is 21.6 Å². The fourth-order valence-corrected chi connectivity index (χ4v) is 6.05. The highest BCUT2D eigenvalue weighted by Gasteiger charge is 2.31. The number of pyridine rings is 2. The van der Waals surface area contributed by atoms with Crippen molar-refractivity contribution in [3.05, 3.63) is 77.4 Å². The first kappa shape index (κ1) is 26.8. The maximum absolute atomic E-state index is 13.1. The first-order valence-corrected chi connectivity index (χ1v) is 14.6. The van der Waals surface area contributed by atoms with Gasteiger partial charge in [-0.2, -0.15) is 23.1 Å². The molecule has 0 saturated heterocycles. The smallest absolute Gasteiger partial charge is 0.369 e. The lowest BCUT2D eigenvalue weighted by atomic mass is 9.98. The third-order valence-electron chi connectivity index (χ3n) is 6.33. The lowest BCUT2D eigenvalue weighted by Gasteiger charge is -2.19. The minimum absolute atomic E-state index is 0.217. The first-order valence-electron chi connectivity index (χ1n) is 12.2. The standard InChI is InChI=1S/C25H20F3N9O2S2/c1-14-2-3-17(35-41(38,39)13-18-9-16(4-5-29-18)25(26,27)28)10-19(14)20-8-15-11-31-24(33-21-12-32-36-40-21)34-22(15)37-7-6-30-23(20)37/h2-5,8-12,30,35H,6-7,13H2,1H3/b33-24+. The molecule has 1 aromatic carbocycles. The van der Waals surface area contributed by atoms with Crippen molar-refractivity contribution in [3.63, 3.8) is 0 Å². The van der Waals surface area contributed by atoms with Gasteiger partial charge in [0.15, 0.2) is 5.00 Å². The Balaban J connectivity index is 1.34. The predicted molar refractivity (Wildman–Crippen MR) is 146 cm³/mol. The van der Waals surface area contributed by atoms with Gasteiger partial charge in [-0.25, -0.2) is 13.4 Å². The number of rotatable bonds is 6. The third kappa shape index (κ3) is 5.60. The van der Waals surface area contributed by atoms with Crippen molar-refractivity contribution in [3.8, 4) is 22.5 Å². The van der Waals surface area contributed by atoms with Gasteiger partial charge in [-0.3, -0.25) is 9.71 Å². The van der Waals surface area contributed by atoms with E-state index < -0.39 is 27.5 Å². The number of anilines is 2. The highest BCUT2D eigenvalue weighted by Crippen LogP contribution is 2.39. The quantitative estimate of drug-likeness (QED) is 0.296. The lowest BCUT2D eigenvalue weighted by Crippen LogP contribution is -2.17. The zero-order valence-corrected chi connectivity index (χ0v) is 22.8. The van der Waals surface area contributed by atoms with Crippen LogP contribution in [0, 0.1) is 6.92 Å². The lowest BCUT2D eigenvalue weighted by molar-refractivity contribution is -0.137. The highest BCUT2D eigenvalue weighted by molar-refractivity contribution is 7.91. The molecule has 3 aromatic rings. The summed E-state index contributed by atoms with van der Waals surface area (Å²) in [5.74, 6) is 0.770. The van der Waals surface area contributed by atoms with Crippen molar-refractivity contribution in [1.82, 2.24) is 29.1 Å². The van der Waals surface area contributed by atoms with E-state index in [0.29, 0.717) is 23.9 Å². The number of hydrogen-bond acceptors (Lipinski definition) is 10. The Bertz CT molecular complexity index is 1910. The SMILES string of the molecule is Cc1ccc(NS(=O)(=O)Cc2cc(C(F)(F)F)ccn2)cc1-c1cc2cn/c(=N\c3cnns3)nc-2n2c1NCC2. The van der Waals surface area contributed by atoms with E-state index in [0.717, 1.165) is 57.9 Å². The van der Waals surface area contributed by atoms with Crippen molar-refractivity contribution in [1.29, 1.82) is 0 Å². The highest BCUT2D eigenvalue weighted by atomic mass is 32.2. The Kier molecular flexibility index (Phi) is 6.65. The fraction of sp³-hybridized carbons (Fsp3) is 0.200. The molecular formula is C25H20F3N9O2S2. The molecule has 0 bridgehead atoms. The molecule has 0 radical (unpaired) electrons. The average Bonchev–Trinajstić information content (AvgIpc) is 3.61. The van der Waals surface area contributed by atoms with Crippen LogP contribution >= 0.6 is 11.5 Å². The molecule has 3 aliphatic rings. The van der Waals surface area contributed by atoms with Gasteiger partial charge in [0.05, 0.1) is 17.5 Å². The molecule has 0 unspecified atom stereocenters. The molecule has 2 aromatic heterocycles. The van der Waals surface area contributed by atoms with Gasteiger partial charge in [-0.05, 0) is 48.4 Å². The van der Waals surface area contributed by atoms with Crippen LogP contribution in [0.1, 0.15) is 16.8 Å². The summed E-state index contributed by atoms with van der Waals surface area (Å²) in [6.07, 6.45) is -0.456. The van der Waals surface area contributed by atoms with E-state index in [1.807, 2.05) is 17.6 Å². The number of nitrogens with zero attached hydrogens (tertiary/aromatic N) is 7. The van der Waals surface area contributed by atoms with E-state index in [4.69, 9.17) is 0 Å². The summed E-state index contributed by atoms with van der Waals surface area (Å²) in [5, 5.41) is 7.74. The number of fused-ring (bicyclic) bond motifs is 3. The molecule has 3 aliphatic heterocycles. The number of aryl methyl sites for hydroxylation is 1. The molecule has 6 rings (SSSR count).